The zero-order valence-corrected chi connectivity index (χ0v) is 18.0. The first-order valence-corrected chi connectivity index (χ1v) is 10.1. The Morgan fingerprint density at radius 3 is 2.42 bits per heavy atom. The summed E-state index contributed by atoms with van der Waals surface area (Å²) in [7, 11) is 4.05. The number of carbonyl (C=O) groups is 2. The normalized spacial score (nSPS) is 16.0. The van der Waals surface area contributed by atoms with Gasteiger partial charge in [0.1, 0.15) is 0 Å². The van der Waals surface area contributed by atoms with E-state index in [2.05, 4.69) is 27.5 Å². The van der Waals surface area contributed by atoms with Gasteiger partial charge in [-0.2, -0.15) is 0 Å². The molecule has 0 spiro atoms. The number of nitrogens with zero attached hydrogens (tertiary/aromatic N) is 4. The molecule has 1 aliphatic heterocycles. The van der Waals surface area contributed by atoms with Crippen molar-refractivity contribution in [3.8, 4) is 0 Å². The van der Waals surface area contributed by atoms with Gasteiger partial charge in [0.05, 0.1) is 11.0 Å². The second kappa shape index (κ2) is 9.71. The zero-order valence-electron chi connectivity index (χ0n) is 18.0. The summed E-state index contributed by atoms with van der Waals surface area (Å²) < 4.78 is 2.02. The van der Waals surface area contributed by atoms with Crippen molar-refractivity contribution in [2.24, 2.45) is 7.05 Å². The Labute approximate surface area is 181 Å². The summed E-state index contributed by atoms with van der Waals surface area (Å²) in [5.74, 6) is -1.55. The maximum absolute atomic E-state index is 12.5. The lowest BCUT2D eigenvalue weighted by Gasteiger charge is -2.38. The van der Waals surface area contributed by atoms with Crippen LogP contribution in [0.2, 0.25) is 0 Å². The minimum absolute atomic E-state index is 0.0495. The predicted octanol–water partition coefficient (Wildman–Crippen LogP) is 1.29. The van der Waals surface area contributed by atoms with Crippen molar-refractivity contribution in [3.05, 3.63) is 57.9 Å². The topological polar surface area (TPSA) is 113 Å². The number of nitrogens with one attached hydrogen (secondary N) is 2. The van der Waals surface area contributed by atoms with Crippen LogP contribution in [0, 0.1) is 17.0 Å². The Morgan fingerprint density at radius 2 is 1.84 bits per heavy atom. The molecule has 1 aromatic heterocycles. The maximum Gasteiger partial charge on any atom is 0.313 e. The van der Waals surface area contributed by atoms with Crippen molar-refractivity contribution >= 4 is 23.2 Å². The number of benzene rings is 1. The van der Waals surface area contributed by atoms with Crippen LogP contribution in [0.25, 0.3) is 0 Å². The van der Waals surface area contributed by atoms with Gasteiger partial charge in [-0.25, -0.2) is 0 Å². The van der Waals surface area contributed by atoms with Crippen LogP contribution in [0.3, 0.4) is 0 Å². The number of anilines is 1. The molecule has 10 heteroatoms. The monoisotopic (exact) mass is 428 g/mol. The van der Waals surface area contributed by atoms with E-state index in [0.717, 1.165) is 31.9 Å². The molecule has 31 heavy (non-hydrogen) atoms. The van der Waals surface area contributed by atoms with Gasteiger partial charge >= 0.3 is 11.8 Å². The molecule has 1 atom stereocenters. The molecule has 1 aromatic carbocycles. The maximum atomic E-state index is 12.5. The van der Waals surface area contributed by atoms with Crippen molar-refractivity contribution in [1.29, 1.82) is 0 Å². The third-order valence-corrected chi connectivity index (χ3v) is 5.64. The van der Waals surface area contributed by atoms with Gasteiger partial charge in [0.15, 0.2) is 0 Å². The van der Waals surface area contributed by atoms with Crippen LogP contribution >= 0.6 is 0 Å². The number of non-ortho nitro benzene ring substituents is 1. The van der Waals surface area contributed by atoms with E-state index in [1.807, 2.05) is 29.9 Å². The quantitative estimate of drug-likeness (QED) is 0.407. The number of aromatic nitrogens is 1. The van der Waals surface area contributed by atoms with E-state index in [-0.39, 0.29) is 11.7 Å². The average molecular weight is 428 g/mol. The minimum atomic E-state index is -0.805. The van der Waals surface area contributed by atoms with Crippen LogP contribution in [0.5, 0.6) is 0 Å². The highest BCUT2D eigenvalue weighted by Gasteiger charge is 2.27. The number of piperazine rings is 1. The molecule has 2 amide bonds. The van der Waals surface area contributed by atoms with Crippen LogP contribution in [-0.2, 0) is 16.6 Å². The minimum Gasteiger partial charge on any atom is -0.353 e. The predicted molar refractivity (Wildman–Crippen MR) is 117 cm³/mol. The third-order valence-electron chi connectivity index (χ3n) is 5.64. The summed E-state index contributed by atoms with van der Waals surface area (Å²) in [6.07, 6.45) is 1.96. The van der Waals surface area contributed by atoms with E-state index in [1.54, 1.807) is 6.92 Å². The van der Waals surface area contributed by atoms with Gasteiger partial charge in [0.2, 0.25) is 0 Å². The Kier molecular flexibility index (Phi) is 7.03. The van der Waals surface area contributed by atoms with E-state index in [0.29, 0.717) is 17.8 Å². The Balaban J connectivity index is 1.64. The molecule has 2 aromatic rings. The van der Waals surface area contributed by atoms with Gasteiger partial charge in [-0.15, -0.1) is 0 Å². The van der Waals surface area contributed by atoms with E-state index in [4.69, 9.17) is 0 Å². The van der Waals surface area contributed by atoms with Crippen LogP contribution in [0.4, 0.5) is 11.4 Å². The summed E-state index contributed by atoms with van der Waals surface area (Å²) in [5, 5.41) is 16.1. The molecule has 1 saturated heterocycles. The van der Waals surface area contributed by atoms with Crippen LogP contribution in [0.1, 0.15) is 17.3 Å². The number of hydrogen-bond donors (Lipinski definition) is 2. The highest BCUT2D eigenvalue weighted by Crippen LogP contribution is 2.23. The first kappa shape index (κ1) is 22.4. The molecule has 166 valence electrons. The number of likely N-dealkylation sites (N-methyl/N-ethyl adjacent to an activating group) is 1. The number of rotatable bonds is 6. The standard InChI is InChI=1S/C21H28N6O4/c1-15-13-16(27(30)31)6-7-17(15)23-21(29)20(28)22-14-19(18-5-4-8-25(18)3)26-11-9-24(2)10-12-26/h4-8,13,19H,9-12,14H2,1-3H3,(H,22,28)(H,23,29). The van der Waals surface area contributed by atoms with Crippen LogP contribution < -0.4 is 10.6 Å². The summed E-state index contributed by atoms with van der Waals surface area (Å²) in [6, 6.07) is 8.01. The van der Waals surface area contributed by atoms with Crippen molar-refractivity contribution in [3.63, 3.8) is 0 Å². The van der Waals surface area contributed by atoms with Crippen LogP contribution in [0.15, 0.2) is 36.5 Å². The third kappa shape index (κ3) is 5.47. The number of aryl methyl sites for hydroxylation is 2. The fourth-order valence-electron chi connectivity index (χ4n) is 3.73. The second-order valence-electron chi connectivity index (χ2n) is 7.82. The number of nitro benzene ring substituents is 1. The van der Waals surface area contributed by atoms with E-state index in [9.17, 15) is 19.7 Å². The molecule has 0 saturated carbocycles. The molecule has 0 aliphatic carbocycles. The van der Waals surface area contributed by atoms with E-state index >= 15 is 0 Å². The SMILES string of the molecule is Cc1cc([N+](=O)[O-])ccc1NC(=O)C(=O)NCC(c1cccn1C)N1CCN(C)CC1. The van der Waals surface area contributed by atoms with E-state index < -0.39 is 16.7 Å². The molecule has 1 aliphatic rings. The zero-order chi connectivity index (χ0) is 22.5. The molecule has 2 heterocycles. The summed E-state index contributed by atoms with van der Waals surface area (Å²) in [4.78, 5) is 39.8. The number of nitro groups is 1. The lowest BCUT2D eigenvalue weighted by atomic mass is 10.1. The smallest absolute Gasteiger partial charge is 0.313 e. The Hall–Kier alpha value is -3.24. The number of carbonyl (C=O) groups excluding carboxylic acids is 2. The van der Waals surface area contributed by atoms with Crippen molar-refractivity contribution in [1.82, 2.24) is 19.7 Å². The van der Waals surface area contributed by atoms with Gasteiger partial charge in [0.25, 0.3) is 5.69 Å². The molecule has 0 bridgehead atoms. The molecule has 3 rings (SSSR count). The van der Waals surface area contributed by atoms with Gasteiger partial charge < -0.3 is 20.1 Å². The van der Waals surface area contributed by atoms with Crippen molar-refractivity contribution < 1.29 is 14.5 Å². The van der Waals surface area contributed by atoms with E-state index in [1.165, 1.54) is 18.2 Å². The largest absolute Gasteiger partial charge is 0.353 e. The molecular formula is C21H28N6O4. The first-order chi connectivity index (χ1) is 14.8. The fourth-order valence-corrected chi connectivity index (χ4v) is 3.73. The second-order valence-corrected chi connectivity index (χ2v) is 7.82. The van der Waals surface area contributed by atoms with Gasteiger partial charge in [-0.1, -0.05) is 0 Å². The Bertz CT molecular complexity index is 965. The lowest BCUT2D eigenvalue weighted by molar-refractivity contribution is -0.384. The Morgan fingerprint density at radius 1 is 1.13 bits per heavy atom. The summed E-state index contributed by atoms with van der Waals surface area (Å²) >= 11 is 0. The summed E-state index contributed by atoms with van der Waals surface area (Å²) in [6.45, 7) is 5.56. The first-order valence-electron chi connectivity index (χ1n) is 10.1. The highest BCUT2D eigenvalue weighted by molar-refractivity contribution is 6.39. The highest BCUT2D eigenvalue weighted by atomic mass is 16.6. The number of amides is 2. The lowest BCUT2D eigenvalue weighted by Crippen LogP contribution is -2.49. The fraction of sp³-hybridized carbons (Fsp3) is 0.429. The van der Waals surface area contributed by atoms with Crippen molar-refractivity contribution in [2.45, 2.75) is 13.0 Å². The van der Waals surface area contributed by atoms with Gasteiger partial charge in [0, 0.05) is 69.5 Å². The molecule has 0 radical (unpaired) electrons. The molecule has 2 N–H and O–H groups in total. The average Bonchev–Trinajstić information content (AvgIpc) is 3.16. The number of hydrogen-bond acceptors (Lipinski definition) is 6. The van der Waals surface area contributed by atoms with Gasteiger partial charge in [-0.05, 0) is 37.7 Å². The molecule has 1 unspecified atom stereocenters. The molecular weight excluding hydrogens is 400 g/mol. The van der Waals surface area contributed by atoms with Crippen LogP contribution in [-0.4, -0.2) is 70.9 Å². The van der Waals surface area contributed by atoms with Gasteiger partial charge in [-0.3, -0.25) is 24.6 Å². The summed E-state index contributed by atoms with van der Waals surface area (Å²) in [5.41, 5.74) is 1.87. The molecule has 10 nitrogen and oxygen atoms in total. The van der Waals surface area contributed by atoms with Crippen molar-refractivity contribution in [2.75, 3.05) is 45.1 Å². The molecule has 1 fully saturated rings.